The van der Waals surface area contributed by atoms with E-state index in [1.165, 1.54) is 11.1 Å². The summed E-state index contributed by atoms with van der Waals surface area (Å²) in [6.07, 6.45) is 4.27. The number of pyridine rings is 1. The van der Waals surface area contributed by atoms with E-state index in [4.69, 9.17) is 5.73 Å². The standard InChI is InChI=1S/C20H25N3O2.C6H4/c1-2-19-18(4-3-7-22-19)20(25)23-8-5-15(6-9-23)16-10-14(13-21)11-17(24)12-16;1-2-5-4-6(5)3-1/h3-4,7,10-12,15,24H,2,5-6,8-9,13,21H2,1H3;1-4H. The van der Waals surface area contributed by atoms with Gasteiger partial charge in [-0.2, -0.15) is 0 Å². The number of phenolic OH excluding ortho intramolecular Hbond substituents is 1. The Morgan fingerprint density at radius 2 is 1.84 bits per heavy atom. The van der Waals surface area contributed by atoms with E-state index in [1.807, 2.05) is 30.0 Å². The lowest BCUT2D eigenvalue weighted by atomic mass is 9.88. The van der Waals surface area contributed by atoms with Gasteiger partial charge in [-0.15, -0.1) is 0 Å². The number of nitrogens with zero attached hydrogens (tertiary/aromatic N) is 2. The van der Waals surface area contributed by atoms with Crippen LogP contribution in [-0.4, -0.2) is 34.0 Å². The third-order valence-corrected chi connectivity index (χ3v) is 6.06. The molecule has 1 amide bonds. The van der Waals surface area contributed by atoms with Crippen molar-refractivity contribution in [2.45, 2.75) is 38.6 Å². The van der Waals surface area contributed by atoms with Crippen LogP contribution in [-0.2, 0) is 13.0 Å². The molecular weight excluding hydrogens is 386 g/mol. The molecule has 0 atom stereocenters. The maximum atomic E-state index is 12.8. The van der Waals surface area contributed by atoms with Crippen LogP contribution in [0.5, 0.6) is 5.75 Å². The number of carbonyl (C=O) groups excluding carboxylic acids is 1. The molecule has 0 spiro atoms. The van der Waals surface area contributed by atoms with E-state index in [2.05, 4.69) is 35.3 Å². The first kappa shape index (κ1) is 21.1. The number of benzene rings is 2. The van der Waals surface area contributed by atoms with E-state index in [-0.39, 0.29) is 11.7 Å². The van der Waals surface area contributed by atoms with Gasteiger partial charge in [-0.05, 0) is 77.8 Å². The molecule has 31 heavy (non-hydrogen) atoms. The minimum atomic E-state index is 0.0713. The number of amides is 1. The van der Waals surface area contributed by atoms with Gasteiger partial charge in [0.2, 0.25) is 0 Å². The molecule has 3 N–H and O–H groups in total. The van der Waals surface area contributed by atoms with Crippen LogP contribution in [0.2, 0.25) is 0 Å². The van der Waals surface area contributed by atoms with Crippen LogP contribution in [0.25, 0.3) is 11.1 Å². The minimum absolute atomic E-state index is 0.0713. The molecule has 5 heteroatoms. The van der Waals surface area contributed by atoms with Crippen LogP contribution in [0.3, 0.4) is 0 Å². The number of carbonyl (C=O) groups is 1. The highest BCUT2D eigenvalue weighted by atomic mass is 16.3. The Labute approximate surface area is 183 Å². The highest BCUT2D eigenvalue weighted by Gasteiger charge is 2.26. The number of hydrogen-bond acceptors (Lipinski definition) is 4. The number of fused-ring (bicyclic) bond motifs is 1. The van der Waals surface area contributed by atoms with Crippen molar-refractivity contribution >= 4 is 5.91 Å². The molecule has 5 nitrogen and oxygen atoms in total. The van der Waals surface area contributed by atoms with Crippen molar-refractivity contribution < 1.29 is 9.90 Å². The number of likely N-dealkylation sites (tertiary alicyclic amines) is 1. The highest BCUT2D eigenvalue weighted by molar-refractivity contribution is 5.95. The fraction of sp³-hybridized carbons (Fsp3) is 0.308. The Bertz CT molecular complexity index is 1050. The summed E-state index contributed by atoms with van der Waals surface area (Å²) in [5, 5.41) is 9.88. The Balaban J connectivity index is 0.000000325. The molecule has 3 aliphatic rings. The molecule has 160 valence electrons. The molecule has 0 radical (unpaired) electrons. The van der Waals surface area contributed by atoms with Crippen molar-refractivity contribution in [2.75, 3.05) is 13.1 Å². The Hall–Kier alpha value is -3.18. The van der Waals surface area contributed by atoms with Crippen molar-refractivity contribution in [1.82, 2.24) is 9.88 Å². The maximum Gasteiger partial charge on any atom is 0.255 e. The van der Waals surface area contributed by atoms with Crippen LogP contribution in [0.15, 0.2) is 60.8 Å². The number of piperidine rings is 1. The number of rotatable bonds is 4. The summed E-state index contributed by atoms with van der Waals surface area (Å²) in [4.78, 5) is 19.0. The number of aromatic hydroxyl groups is 1. The summed E-state index contributed by atoms with van der Waals surface area (Å²) >= 11 is 0. The molecule has 0 unspecified atom stereocenters. The predicted molar refractivity (Wildman–Crippen MR) is 123 cm³/mol. The molecule has 0 bridgehead atoms. The molecule has 1 saturated heterocycles. The van der Waals surface area contributed by atoms with Gasteiger partial charge in [-0.1, -0.05) is 31.2 Å². The van der Waals surface area contributed by atoms with Crippen molar-refractivity contribution in [3.05, 3.63) is 83.2 Å². The largest absolute Gasteiger partial charge is 0.508 e. The van der Waals surface area contributed by atoms with Gasteiger partial charge >= 0.3 is 0 Å². The summed E-state index contributed by atoms with van der Waals surface area (Å²) in [6, 6.07) is 17.8. The highest BCUT2D eigenvalue weighted by Crippen LogP contribution is 2.33. The lowest BCUT2D eigenvalue weighted by Crippen LogP contribution is -2.38. The molecular formula is C26H29N3O2. The van der Waals surface area contributed by atoms with Gasteiger partial charge in [0.05, 0.1) is 11.3 Å². The van der Waals surface area contributed by atoms with Crippen LogP contribution in [0.1, 0.15) is 52.9 Å². The topological polar surface area (TPSA) is 79.5 Å². The smallest absolute Gasteiger partial charge is 0.255 e. The molecule has 1 aliphatic heterocycles. The molecule has 2 heterocycles. The third-order valence-electron chi connectivity index (χ3n) is 6.06. The number of aromatic nitrogens is 1. The van der Waals surface area contributed by atoms with E-state index in [1.54, 1.807) is 12.3 Å². The zero-order valence-corrected chi connectivity index (χ0v) is 17.9. The van der Waals surface area contributed by atoms with Crippen LogP contribution >= 0.6 is 0 Å². The summed E-state index contributed by atoms with van der Waals surface area (Å²) in [7, 11) is 0. The first-order chi connectivity index (χ1) is 15.1. The van der Waals surface area contributed by atoms with Crippen molar-refractivity contribution in [3.8, 4) is 16.9 Å². The van der Waals surface area contributed by atoms with Gasteiger partial charge in [0.15, 0.2) is 0 Å². The average Bonchev–Trinajstić information content (AvgIpc) is 3.42. The summed E-state index contributed by atoms with van der Waals surface area (Å²) in [5.41, 5.74) is 12.2. The van der Waals surface area contributed by atoms with Crippen LogP contribution in [0.4, 0.5) is 0 Å². The number of aryl methyl sites for hydroxylation is 1. The fourth-order valence-corrected chi connectivity index (χ4v) is 4.23. The maximum absolute atomic E-state index is 12.8. The Morgan fingerprint density at radius 1 is 1.10 bits per heavy atom. The average molecular weight is 416 g/mol. The lowest BCUT2D eigenvalue weighted by Gasteiger charge is -2.32. The molecule has 1 fully saturated rings. The second-order valence-electron chi connectivity index (χ2n) is 8.14. The molecule has 5 rings (SSSR count). The first-order valence-electron chi connectivity index (χ1n) is 11.0. The van der Waals surface area contributed by atoms with E-state index < -0.39 is 0 Å². The monoisotopic (exact) mass is 415 g/mol. The molecule has 1 aromatic heterocycles. The van der Waals surface area contributed by atoms with Crippen molar-refractivity contribution in [2.24, 2.45) is 5.73 Å². The number of phenols is 1. The fourth-order valence-electron chi connectivity index (χ4n) is 4.23. The van der Waals surface area contributed by atoms with Gasteiger partial charge in [0.1, 0.15) is 5.75 Å². The normalized spacial score (nSPS) is 14.6. The van der Waals surface area contributed by atoms with Gasteiger partial charge in [0.25, 0.3) is 5.91 Å². The van der Waals surface area contributed by atoms with Crippen LogP contribution in [0, 0.1) is 0 Å². The predicted octanol–water partition coefficient (Wildman–Crippen LogP) is 4.50. The van der Waals surface area contributed by atoms with Gasteiger partial charge in [-0.25, -0.2) is 0 Å². The second kappa shape index (κ2) is 9.31. The number of nitrogens with two attached hydrogens (primary N) is 1. The van der Waals surface area contributed by atoms with E-state index >= 15 is 0 Å². The van der Waals surface area contributed by atoms with E-state index in [0.29, 0.717) is 18.0 Å². The Morgan fingerprint density at radius 3 is 2.42 bits per heavy atom. The minimum Gasteiger partial charge on any atom is -0.508 e. The summed E-state index contributed by atoms with van der Waals surface area (Å²) in [6.45, 7) is 3.87. The third kappa shape index (κ3) is 4.94. The van der Waals surface area contributed by atoms with Gasteiger partial charge in [0, 0.05) is 25.8 Å². The van der Waals surface area contributed by atoms with E-state index in [0.717, 1.165) is 49.2 Å². The number of hydrogen-bond donors (Lipinski definition) is 2. The van der Waals surface area contributed by atoms with Gasteiger partial charge in [-0.3, -0.25) is 9.78 Å². The van der Waals surface area contributed by atoms with Crippen LogP contribution < -0.4 is 5.73 Å². The van der Waals surface area contributed by atoms with E-state index in [9.17, 15) is 9.90 Å². The summed E-state index contributed by atoms with van der Waals surface area (Å²) < 4.78 is 0. The molecule has 0 saturated carbocycles. The lowest BCUT2D eigenvalue weighted by molar-refractivity contribution is 0.0711. The Kier molecular flexibility index (Phi) is 6.33. The quantitative estimate of drug-likeness (QED) is 0.514. The zero-order chi connectivity index (χ0) is 21.8. The van der Waals surface area contributed by atoms with Crippen molar-refractivity contribution in [3.63, 3.8) is 0 Å². The summed E-state index contributed by atoms with van der Waals surface area (Å²) in [5.74, 6) is 0.683. The SMILES string of the molecule is CCc1ncccc1C(=O)N1CCC(c2cc(O)cc(CN)c2)CC1.c1cc2cc-2c1. The molecule has 2 aliphatic carbocycles. The molecule has 2 aromatic rings. The molecule has 1 aromatic carbocycles. The van der Waals surface area contributed by atoms with Gasteiger partial charge < -0.3 is 15.7 Å². The second-order valence-corrected chi connectivity index (χ2v) is 8.14. The first-order valence-corrected chi connectivity index (χ1v) is 11.0. The van der Waals surface area contributed by atoms with Crippen molar-refractivity contribution in [1.29, 1.82) is 0 Å². The zero-order valence-electron chi connectivity index (χ0n) is 17.9.